The van der Waals surface area contributed by atoms with E-state index in [2.05, 4.69) is 15.8 Å². The molecule has 1 fully saturated rings. The summed E-state index contributed by atoms with van der Waals surface area (Å²) >= 11 is 0. The summed E-state index contributed by atoms with van der Waals surface area (Å²) in [4.78, 5) is 11.5. The van der Waals surface area contributed by atoms with Crippen LogP contribution >= 0.6 is 0 Å². The average molecular weight is 217 g/mol. The van der Waals surface area contributed by atoms with Gasteiger partial charge in [0, 0.05) is 6.04 Å². The maximum absolute atomic E-state index is 11.5. The van der Waals surface area contributed by atoms with Crippen LogP contribution in [0.3, 0.4) is 0 Å². The minimum Gasteiger partial charge on any atom is -0.348 e. The molecule has 84 valence electrons. The first-order valence-corrected chi connectivity index (χ1v) is 5.44. The van der Waals surface area contributed by atoms with Crippen LogP contribution in [0.25, 0.3) is 0 Å². The van der Waals surface area contributed by atoms with E-state index in [1.807, 2.05) is 37.3 Å². The van der Waals surface area contributed by atoms with Crippen LogP contribution in [0, 0.1) is 0 Å². The number of hydrogen-bond acceptors (Lipinski definition) is 3. The molecule has 0 bridgehead atoms. The number of nitrogens with one attached hydrogen (secondary N) is 2. The van der Waals surface area contributed by atoms with Gasteiger partial charge >= 0.3 is 0 Å². The summed E-state index contributed by atoms with van der Waals surface area (Å²) < 4.78 is 0. The van der Waals surface area contributed by atoms with Gasteiger partial charge in [0.15, 0.2) is 0 Å². The maximum atomic E-state index is 11.5. The molecule has 0 aliphatic carbocycles. The molecular weight excluding hydrogens is 202 g/mol. The van der Waals surface area contributed by atoms with Crippen molar-refractivity contribution in [2.75, 3.05) is 5.43 Å². The fraction of sp³-hybridized carbons (Fsp3) is 0.333. The summed E-state index contributed by atoms with van der Waals surface area (Å²) in [6.45, 7) is 2.00. The van der Waals surface area contributed by atoms with E-state index < -0.39 is 0 Å². The van der Waals surface area contributed by atoms with Crippen molar-refractivity contribution in [1.82, 2.24) is 5.32 Å². The van der Waals surface area contributed by atoms with Gasteiger partial charge in [0.25, 0.3) is 5.91 Å². The van der Waals surface area contributed by atoms with Crippen LogP contribution in [0.5, 0.6) is 0 Å². The van der Waals surface area contributed by atoms with E-state index >= 15 is 0 Å². The van der Waals surface area contributed by atoms with Crippen LogP contribution in [-0.2, 0) is 4.79 Å². The molecule has 0 spiro atoms. The SMILES string of the molecule is CC1CC/C(=N\Nc2ccccc2)C(=O)N1. The molecule has 1 aromatic carbocycles. The Hall–Kier alpha value is -1.84. The van der Waals surface area contributed by atoms with Crippen LogP contribution in [0.15, 0.2) is 35.4 Å². The summed E-state index contributed by atoms with van der Waals surface area (Å²) in [5.41, 5.74) is 4.35. The second-order valence-electron chi connectivity index (χ2n) is 3.95. The maximum Gasteiger partial charge on any atom is 0.267 e. The molecular formula is C12H15N3O. The van der Waals surface area contributed by atoms with Crippen molar-refractivity contribution in [1.29, 1.82) is 0 Å². The largest absolute Gasteiger partial charge is 0.348 e. The van der Waals surface area contributed by atoms with Crippen molar-refractivity contribution in [3.63, 3.8) is 0 Å². The van der Waals surface area contributed by atoms with Gasteiger partial charge in [-0.05, 0) is 31.9 Å². The molecule has 0 saturated carbocycles. The quantitative estimate of drug-likeness (QED) is 0.741. The van der Waals surface area contributed by atoms with E-state index in [4.69, 9.17) is 0 Å². The number of piperidine rings is 1. The van der Waals surface area contributed by atoms with E-state index in [0.29, 0.717) is 5.71 Å². The fourth-order valence-corrected chi connectivity index (χ4v) is 1.60. The number of amides is 1. The van der Waals surface area contributed by atoms with Crippen LogP contribution in [0.1, 0.15) is 19.8 Å². The van der Waals surface area contributed by atoms with Gasteiger partial charge in [0.2, 0.25) is 0 Å². The number of carbonyl (C=O) groups is 1. The Morgan fingerprint density at radius 2 is 2.12 bits per heavy atom. The van der Waals surface area contributed by atoms with Crippen molar-refractivity contribution >= 4 is 17.3 Å². The van der Waals surface area contributed by atoms with Crippen molar-refractivity contribution < 1.29 is 4.79 Å². The second-order valence-corrected chi connectivity index (χ2v) is 3.95. The van der Waals surface area contributed by atoms with Crippen molar-refractivity contribution in [2.45, 2.75) is 25.8 Å². The Bertz CT molecular complexity index is 400. The summed E-state index contributed by atoms with van der Waals surface area (Å²) in [5.74, 6) is -0.0674. The lowest BCUT2D eigenvalue weighted by atomic mass is 10.0. The molecule has 16 heavy (non-hydrogen) atoms. The highest BCUT2D eigenvalue weighted by Gasteiger charge is 2.20. The third kappa shape index (κ3) is 2.59. The number of nitrogens with zero attached hydrogens (tertiary/aromatic N) is 1. The first-order valence-electron chi connectivity index (χ1n) is 5.44. The molecule has 1 heterocycles. The monoisotopic (exact) mass is 217 g/mol. The number of anilines is 1. The minimum absolute atomic E-state index is 0.0674. The van der Waals surface area contributed by atoms with Gasteiger partial charge in [-0.3, -0.25) is 10.2 Å². The van der Waals surface area contributed by atoms with E-state index in [0.717, 1.165) is 18.5 Å². The van der Waals surface area contributed by atoms with Gasteiger partial charge in [-0.25, -0.2) is 0 Å². The van der Waals surface area contributed by atoms with Gasteiger partial charge in [-0.2, -0.15) is 5.10 Å². The summed E-state index contributed by atoms with van der Waals surface area (Å²) in [6, 6.07) is 9.86. The van der Waals surface area contributed by atoms with Gasteiger partial charge in [0.1, 0.15) is 5.71 Å². The average Bonchev–Trinajstić information content (AvgIpc) is 2.29. The Labute approximate surface area is 94.7 Å². The zero-order valence-electron chi connectivity index (χ0n) is 9.23. The predicted octanol–water partition coefficient (Wildman–Crippen LogP) is 1.75. The van der Waals surface area contributed by atoms with Gasteiger partial charge < -0.3 is 5.32 Å². The highest BCUT2D eigenvalue weighted by molar-refractivity contribution is 6.39. The first kappa shape index (κ1) is 10.7. The van der Waals surface area contributed by atoms with Gasteiger partial charge in [-0.15, -0.1) is 0 Å². The Balaban J connectivity index is 2.00. The van der Waals surface area contributed by atoms with Crippen LogP contribution in [-0.4, -0.2) is 17.7 Å². The topological polar surface area (TPSA) is 53.5 Å². The normalized spacial score (nSPS) is 22.9. The van der Waals surface area contributed by atoms with E-state index in [1.165, 1.54) is 0 Å². The van der Waals surface area contributed by atoms with Crippen LogP contribution in [0.4, 0.5) is 5.69 Å². The highest BCUT2D eigenvalue weighted by atomic mass is 16.2. The van der Waals surface area contributed by atoms with E-state index in [-0.39, 0.29) is 11.9 Å². The lowest BCUT2D eigenvalue weighted by Gasteiger charge is -2.20. The zero-order chi connectivity index (χ0) is 11.4. The third-order valence-corrected chi connectivity index (χ3v) is 2.55. The molecule has 1 aromatic rings. The molecule has 4 nitrogen and oxygen atoms in total. The number of carbonyl (C=O) groups excluding carboxylic acids is 1. The predicted molar refractivity (Wildman–Crippen MR) is 64.3 cm³/mol. The number of hydrazone groups is 1. The van der Waals surface area contributed by atoms with E-state index in [9.17, 15) is 4.79 Å². The summed E-state index contributed by atoms with van der Waals surface area (Å²) in [5, 5.41) is 6.98. The Kier molecular flexibility index (Phi) is 3.19. The zero-order valence-corrected chi connectivity index (χ0v) is 9.23. The van der Waals surface area contributed by atoms with Crippen molar-refractivity contribution in [2.24, 2.45) is 5.10 Å². The fourth-order valence-electron chi connectivity index (χ4n) is 1.60. The number of benzene rings is 1. The Morgan fingerprint density at radius 3 is 2.81 bits per heavy atom. The molecule has 0 radical (unpaired) electrons. The number of para-hydroxylation sites is 1. The smallest absolute Gasteiger partial charge is 0.267 e. The van der Waals surface area contributed by atoms with Crippen molar-refractivity contribution in [3.05, 3.63) is 30.3 Å². The lowest BCUT2D eigenvalue weighted by molar-refractivity contribution is -0.116. The van der Waals surface area contributed by atoms with Crippen LogP contribution < -0.4 is 10.7 Å². The number of rotatable bonds is 2. The van der Waals surface area contributed by atoms with E-state index in [1.54, 1.807) is 0 Å². The highest BCUT2D eigenvalue weighted by Crippen LogP contribution is 2.08. The molecule has 1 unspecified atom stereocenters. The van der Waals surface area contributed by atoms with Crippen molar-refractivity contribution in [3.8, 4) is 0 Å². The minimum atomic E-state index is -0.0674. The molecule has 1 aliphatic rings. The first-order chi connectivity index (χ1) is 7.75. The second kappa shape index (κ2) is 4.79. The summed E-state index contributed by atoms with van der Waals surface area (Å²) in [7, 11) is 0. The molecule has 2 rings (SSSR count). The molecule has 1 saturated heterocycles. The molecule has 4 heteroatoms. The lowest BCUT2D eigenvalue weighted by Crippen LogP contribution is -2.43. The number of hydrogen-bond donors (Lipinski definition) is 2. The standard InChI is InChI=1S/C12H15N3O/c1-9-7-8-11(12(16)13-9)15-14-10-5-3-2-4-6-10/h2-6,9,14H,7-8H2,1H3,(H,13,16)/b15-11+. The molecule has 0 aromatic heterocycles. The molecule has 1 aliphatic heterocycles. The molecule has 2 N–H and O–H groups in total. The third-order valence-electron chi connectivity index (χ3n) is 2.55. The summed E-state index contributed by atoms with van der Waals surface area (Å²) in [6.07, 6.45) is 1.67. The van der Waals surface area contributed by atoms with Crippen LogP contribution in [0.2, 0.25) is 0 Å². The molecule has 1 amide bonds. The Morgan fingerprint density at radius 1 is 1.38 bits per heavy atom. The molecule has 1 atom stereocenters. The van der Waals surface area contributed by atoms with Gasteiger partial charge in [0.05, 0.1) is 5.69 Å². The van der Waals surface area contributed by atoms with Gasteiger partial charge in [-0.1, -0.05) is 18.2 Å².